The monoisotopic (exact) mass is 180 g/mol. The van der Waals surface area contributed by atoms with E-state index in [-0.39, 0.29) is 4.29 Å². The molecule has 0 amide bonds. The molecule has 0 radical (unpaired) electrons. The molecular formula is C5H6BrCl. The second kappa shape index (κ2) is 4.49. The minimum Gasteiger partial charge on any atom is -0.120 e. The molecule has 1 atom stereocenters. The van der Waals surface area contributed by atoms with Crippen molar-refractivity contribution in [3.05, 3.63) is 0 Å². The van der Waals surface area contributed by atoms with E-state index in [2.05, 4.69) is 21.9 Å². The Morgan fingerprint density at radius 1 is 1.86 bits per heavy atom. The molecule has 0 spiro atoms. The van der Waals surface area contributed by atoms with Crippen molar-refractivity contribution in [2.24, 2.45) is 0 Å². The van der Waals surface area contributed by atoms with Crippen molar-refractivity contribution in [2.45, 2.75) is 17.1 Å². The summed E-state index contributed by atoms with van der Waals surface area (Å²) in [6, 6.07) is 0. The quantitative estimate of drug-likeness (QED) is 0.453. The minimum absolute atomic E-state index is 0.0450. The van der Waals surface area contributed by atoms with Crippen LogP contribution in [0.25, 0.3) is 0 Å². The third kappa shape index (κ3) is 6.33. The van der Waals surface area contributed by atoms with Crippen LogP contribution in [0.3, 0.4) is 0 Å². The second-order valence-electron chi connectivity index (χ2n) is 1.13. The van der Waals surface area contributed by atoms with Crippen LogP contribution >= 0.6 is 27.5 Å². The summed E-state index contributed by atoms with van der Waals surface area (Å²) in [5, 5.41) is 0. The first-order chi connectivity index (χ1) is 3.27. The van der Waals surface area contributed by atoms with Gasteiger partial charge in [0.2, 0.25) is 0 Å². The first kappa shape index (κ1) is 7.33. The van der Waals surface area contributed by atoms with Gasteiger partial charge in [0.05, 0.1) is 4.29 Å². The second-order valence-corrected chi connectivity index (χ2v) is 3.29. The molecular weight excluding hydrogens is 175 g/mol. The molecule has 0 aromatic rings. The van der Waals surface area contributed by atoms with E-state index in [4.69, 9.17) is 18.0 Å². The van der Waals surface area contributed by atoms with Crippen LogP contribution in [0.1, 0.15) is 12.8 Å². The Labute approximate surface area is 57.4 Å². The fourth-order valence-electron chi connectivity index (χ4n) is 0.192. The largest absolute Gasteiger partial charge is 0.120 e. The van der Waals surface area contributed by atoms with E-state index >= 15 is 0 Å². The van der Waals surface area contributed by atoms with Crippen molar-refractivity contribution >= 4 is 27.5 Å². The van der Waals surface area contributed by atoms with Crippen molar-refractivity contribution in [3.8, 4) is 12.3 Å². The Hall–Kier alpha value is 0.330. The van der Waals surface area contributed by atoms with Gasteiger partial charge in [0.1, 0.15) is 0 Å². The van der Waals surface area contributed by atoms with E-state index < -0.39 is 0 Å². The van der Waals surface area contributed by atoms with Crippen LogP contribution in [0.2, 0.25) is 0 Å². The van der Waals surface area contributed by atoms with Crippen LogP contribution in [-0.2, 0) is 0 Å². The number of terminal acetylenes is 1. The number of halogens is 2. The van der Waals surface area contributed by atoms with Crippen LogP contribution in [0, 0.1) is 12.3 Å². The summed E-state index contributed by atoms with van der Waals surface area (Å²) < 4.78 is 0.0450. The van der Waals surface area contributed by atoms with Gasteiger partial charge >= 0.3 is 0 Å². The summed E-state index contributed by atoms with van der Waals surface area (Å²) in [4.78, 5) is 0. The topological polar surface area (TPSA) is 0 Å². The molecule has 0 heterocycles. The van der Waals surface area contributed by atoms with Gasteiger partial charge in [0.25, 0.3) is 0 Å². The maximum Gasteiger partial charge on any atom is 0.0895 e. The average molecular weight is 181 g/mol. The van der Waals surface area contributed by atoms with E-state index in [0.717, 1.165) is 12.8 Å². The molecule has 2 heteroatoms. The van der Waals surface area contributed by atoms with Gasteiger partial charge in [0.15, 0.2) is 0 Å². The van der Waals surface area contributed by atoms with E-state index in [1.807, 2.05) is 0 Å². The van der Waals surface area contributed by atoms with Crippen LogP contribution in [0.15, 0.2) is 0 Å². The van der Waals surface area contributed by atoms with E-state index in [1.165, 1.54) is 0 Å². The predicted octanol–water partition coefficient (Wildman–Crippen LogP) is 2.36. The van der Waals surface area contributed by atoms with Crippen molar-refractivity contribution in [1.29, 1.82) is 0 Å². The number of hydrogen-bond acceptors (Lipinski definition) is 0. The molecule has 1 unspecified atom stereocenters. The van der Waals surface area contributed by atoms with Gasteiger partial charge in [-0.25, -0.2) is 0 Å². The fraction of sp³-hybridized carbons (Fsp3) is 0.600. The Kier molecular flexibility index (Phi) is 4.70. The van der Waals surface area contributed by atoms with E-state index in [0.29, 0.717) is 0 Å². The highest BCUT2D eigenvalue weighted by Crippen LogP contribution is 2.10. The van der Waals surface area contributed by atoms with Crippen molar-refractivity contribution in [2.75, 3.05) is 0 Å². The maximum atomic E-state index is 5.48. The number of alkyl halides is 2. The molecule has 0 nitrogen and oxygen atoms in total. The molecule has 0 aromatic carbocycles. The standard InChI is InChI=1S/C5H6BrCl/c1-2-3-4-5(6)7/h1,5H,3-4H2. The molecule has 0 saturated heterocycles. The SMILES string of the molecule is C#CCCC(Cl)Br. The maximum absolute atomic E-state index is 5.48. The van der Waals surface area contributed by atoms with Gasteiger partial charge in [-0.1, -0.05) is 15.9 Å². The van der Waals surface area contributed by atoms with E-state index in [1.54, 1.807) is 0 Å². The molecule has 0 bridgehead atoms. The zero-order valence-corrected chi connectivity index (χ0v) is 6.17. The van der Waals surface area contributed by atoms with E-state index in [9.17, 15) is 0 Å². The smallest absolute Gasteiger partial charge is 0.0895 e. The summed E-state index contributed by atoms with van der Waals surface area (Å²) in [5.41, 5.74) is 0. The minimum atomic E-state index is 0.0450. The van der Waals surface area contributed by atoms with Gasteiger partial charge in [-0.05, 0) is 6.42 Å². The first-order valence-electron chi connectivity index (χ1n) is 1.99. The molecule has 0 saturated carbocycles. The zero-order valence-electron chi connectivity index (χ0n) is 3.82. The highest BCUT2D eigenvalue weighted by Gasteiger charge is 1.92. The number of rotatable bonds is 2. The Balaban J connectivity index is 2.86. The lowest BCUT2D eigenvalue weighted by Crippen LogP contribution is -1.81. The Morgan fingerprint density at radius 3 is 2.57 bits per heavy atom. The van der Waals surface area contributed by atoms with Gasteiger partial charge in [0, 0.05) is 6.42 Å². The van der Waals surface area contributed by atoms with Crippen LogP contribution in [0.4, 0.5) is 0 Å². The average Bonchev–Trinajstić information content (AvgIpc) is 1.61. The summed E-state index contributed by atoms with van der Waals surface area (Å²) in [6.45, 7) is 0. The summed E-state index contributed by atoms with van der Waals surface area (Å²) >= 11 is 8.62. The van der Waals surface area contributed by atoms with Gasteiger partial charge in [-0.2, -0.15) is 0 Å². The van der Waals surface area contributed by atoms with Crippen molar-refractivity contribution in [1.82, 2.24) is 0 Å². The molecule has 0 aromatic heterocycles. The lowest BCUT2D eigenvalue weighted by molar-refractivity contribution is 0.964. The Morgan fingerprint density at radius 2 is 2.43 bits per heavy atom. The summed E-state index contributed by atoms with van der Waals surface area (Å²) in [5.74, 6) is 2.48. The molecule has 0 aliphatic heterocycles. The molecule has 0 fully saturated rings. The summed E-state index contributed by atoms with van der Waals surface area (Å²) in [6.07, 6.45) is 6.54. The summed E-state index contributed by atoms with van der Waals surface area (Å²) in [7, 11) is 0. The number of hydrogen-bond donors (Lipinski definition) is 0. The molecule has 7 heavy (non-hydrogen) atoms. The zero-order chi connectivity index (χ0) is 5.70. The third-order valence-electron chi connectivity index (χ3n) is 0.507. The lowest BCUT2D eigenvalue weighted by atomic mass is 10.4. The third-order valence-corrected chi connectivity index (χ3v) is 1.18. The van der Waals surface area contributed by atoms with Crippen LogP contribution in [-0.4, -0.2) is 4.29 Å². The molecule has 0 N–H and O–H groups in total. The molecule has 40 valence electrons. The molecule has 0 aliphatic carbocycles. The van der Waals surface area contributed by atoms with Crippen LogP contribution < -0.4 is 0 Å². The highest BCUT2D eigenvalue weighted by molar-refractivity contribution is 9.10. The fourth-order valence-corrected chi connectivity index (χ4v) is 0.530. The highest BCUT2D eigenvalue weighted by atomic mass is 79.9. The Bertz CT molecular complexity index is 72.6. The first-order valence-corrected chi connectivity index (χ1v) is 3.34. The normalized spacial score (nSPS) is 12.7. The van der Waals surface area contributed by atoms with Gasteiger partial charge in [-0.15, -0.1) is 23.9 Å². The molecule has 0 rings (SSSR count). The lowest BCUT2D eigenvalue weighted by Gasteiger charge is -1.90. The van der Waals surface area contributed by atoms with Gasteiger partial charge in [-0.3, -0.25) is 0 Å². The van der Waals surface area contributed by atoms with Crippen molar-refractivity contribution < 1.29 is 0 Å². The van der Waals surface area contributed by atoms with Gasteiger partial charge < -0.3 is 0 Å². The predicted molar refractivity (Wildman–Crippen MR) is 36.6 cm³/mol. The van der Waals surface area contributed by atoms with Crippen LogP contribution in [0.5, 0.6) is 0 Å². The molecule has 0 aliphatic rings. The van der Waals surface area contributed by atoms with Crippen molar-refractivity contribution in [3.63, 3.8) is 0 Å².